The molecule has 1 heterocycles. The molecular formula is C22H14Br2N2O4S. The molecule has 2 N–H and O–H groups in total. The molecule has 9 heteroatoms. The summed E-state index contributed by atoms with van der Waals surface area (Å²) in [6.45, 7) is -0.121. The van der Waals surface area contributed by atoms with Crippen LogP contribution in [-0.2, 0) is 9.59 Å². The number of benzene rings is 3. The van der Waals surface area contributed by atoms with Crippen LogP contribution in [0.1, 0.15) is 5.56 Å². The zero-order chi connectivity index (χ0) is 22.0. The van der Waals surface area contributed by atoms with Crippen molar-refractivity contribution >= 4 is 83.2 Å². The standard InChI is InChI=1S/C22H14Br2N2O4S/c23-17-6-4-15(10-18(17)24)25-20(27)11-30-16-5-3-13-7-12(1-2-14(13)9-16)8-19-21(28)26-22(29)31-19/h1-10H,11H2,(H,25,27)(H,26,28,29)/b19-8+. The molecule has 4 rings (SSSR count). The van der Waals surface area contributed by atoms with Crippen molar-refractivity contribution in [1.29, 1.82) is 0 Å². The van der Waals surface area contributed by atoms with Crippen LogP contribution >= 0.6 is 43.6 Å². The number of nitrogens with one attached hydrogen (secondary N) is 2. The zero-order valence-electron chi connectivity index (χ0n) is 15.8. The number of fused-ring (bicyclic) bond motifs is 1. The van der Waals surface area contributed by atoms with E-state index in [1.54, 1.807) is 24.3 Å². The monoisotopic (exact) mass is 560 g/mol. The van der Waals surface area contributed by atoms with Crippen molar-refractivity contribution in [3.8, 4) is 5.75 Å². The van der Waals surface area contributed by atoms with E-state index in [1.165, 1.54) is 0 Å². The number of anilines is 1. The summed E-state index contributed by atoms with van der Waals surface area (Å²) in [5, 5.41) is 6.53. The van der Waals surface area contributed by atoms with Gasteiger partial charge >= 0.3 is 0 Å². The van der Waals surface area contributed by atoms with Gasteiger partial charge in [0.25, 0.3) is 17.1 Å². The first-order valence-corrected chi connectivity index (χ1v) is 11.4. The fourth-order valence-electron chi connectivity index (χ4n) is 2.91. The molecule has 6 nitrogen and oxygen atoms in total. The molecule has 0 spiro atoms. The molecule has 0 saturated carbocycles. The zero-order valence-corrected chi connectivity index (χ0v) is 19.8. The molecule has 0 aliphatic carbocycles. The number of thioether (sulfide) groups is 1. The lowest BCUT2D eigenvalue weighted by Crippen LogP contribution is -2.20. The van der Waals surface area contributed by atoms with Crippen molar-refractivity contribution in [3.63, 3.8) is 0 Å². The largest absolute Gasteiger partial charge is 0.484 e. The summed E-state index contributed by atoms with van der Waals surface area (Å²) >= 11 is 7.67. The van der Waals surface area contributed by atoms with Gasteiger partial charge in [-0.15, -0.1) is 0 Å². The fourth-order valence-corrected chi connectivity index (χ4v) is 4.22. The quantitative estimate of drug-likeness (QED) is 0.390. The molecule has 1 fully saturated rings. The number of amides is 3. The van der Waals surface area contributed by atoms with Gasteiger partial charge in [-0.2, -0.15) is 0 Å². The Bertz CT molecular complexity index is 1260. The Balaban J connectivity index is 1.41. The van der Waals surface area contributed by atoms with Gasteiger partial charge in [0, 0.05) is 14.6 Å². The highest BCUT2D eigenvalue weighted by molar-refractivity contribution is 9.13. The molecule has 3 aromatic carbocycles. The third-order valence-corrected chi connectivity index (χ3v) is 7.04. The summed E-state index contributed by atoms with van der Waals surface area (Å²) in [6, 6.07) is 16.6. The molecule has 0 aromatic heterocycles. The summed E-state index contributed by atoms with van der Waals surface area (Å²) in [4.78, 5) is 35.5. The van der Waals surface area contributed by atoms with Gasteiger partial charge in [-0.1, -0.05) is 18.2 Å². The maximum absolute atomic E-state index is 12.2. The van der Waals surface area contributed by atoms with E-state index < -0.39 is 0 Å². The summed E-state index contributed by atoms with van der Waals surface area (Å²) in [7, 11) is 0. The molecule has 1 saturated heterocycles. The maximum Gasteiger partial charge on any atom is 0.290 e. The number of hydrogen-bond acceptors (Lipinski definition) is 5. The molecule has 31 heavy (non-hydrogen) atoms. The Hall–Kier alpha value is -2.62. The normalized spacial score (nSPS) is 14.7. The van der Waals surface area contributed by atoms with Crippen molar-refractivity contribution in [2.24, 2.45) is 0 Å². The van der Waals surface area contributed by atoms with Gasteiger partial charge < -0.3 is 10.1 Å². The summed E-state index contributed by atoms with van der Waals surface area (Å²) in [5.41, 5.74) is 1.48. The van der Waals surface area contributed by atoms with Crippen LogP contribution in [0, 0.1) is 0 Å². The van der Waals surface area contributed by atoms with E-state index in [9.17, 15) is 14.4 Å². The average molecular weight is 562 g/mol. The van der Waals surface area contributed by atoms with Crippen LogP contribution in [0.2, 0.25) is 0 Å². The van der Waals surface area contributed by atoms with E-state index in [4.69, 9.17) is 4.74 Å². The van der Waals surface area contributed by atoms with Gasteiger partial charge in [0.15, 0.2) is 6.61 Å². The van der Waals surface area contributed by atoms with Crippen LogP contribution in [0.5, 0.6) is 5.75 Å². The molecule has 0 bridgehead atoms. The lowest BCUT2D eigenvalue weighted by molar-refractivity contribution is -0.118. The predicted molar refractivity (Wildman–Crippen MR) is 129 cm³/mol. The first kappa shape index (κ1) is 21.6. The maximum atomic E-state index is 12.2. The van der Waals surface area contributed by atoms with E-state index in [1.807, 2.05) is 36.4 Å². The van der Waals surface area contributed by atoms with Gasteiger partial charge in [-0.3, -0.25) is 19.7 Å². The van der Waals surface area contributed by atoms with Crippen LogP contribution < -0.4 is 15.4 Å². The van der Waals surface area contributed by atoms with Crippen molar-refractivity contribution < 1.29 is 19.1 Å². The van der Waals surface area contributed by atoms with E-state index in [0.717, 1.165) is 37.0 Å². The Labute approximate surface area is 198 Å². The Morgan fingerprint density at radius 2 is 1.77 bits per heavy atom. The minimum absolute atomic E-state index is 0.121. The molecule has 3 aromatic rings. The molecule has 0 unspecified atom stereocenters. The predicted octanol–water partition coefficient (Wildman–Crippen LogP) is 5.71. The topological polar surface area (TPSA) is 84.5 Å². The minimum atomic E-state index is -0.382. The summed E-state index contributed by atoms with van der Waals surface area (Å²) < 4.78 is 7.37. The number of rotatable bonds is 5. The first-order valence-electron chi connectivity index (χ1n) is 9.04. The average Bonchev–Trinajstić information content (AvgIpc) is 3.05. The summed E-state index contributed by atoms with van der Waals surface area (Å²) in [6.07, 6.45) is 1.68. The second-order valence-electron chi connectivity index (χ2n) is 6.59. The van der Waals surface area contributed by atoms with Gasteiger partial charge in [-0.25, -0.2) is 0 Å². The van der Waals surface area contributed by atoms with Crippen LogP contribution in [0.3, 0.4) is 0 Å². The molecular weight excluding hydrogens is 548 g/mol. The molecule has 0 atom stereocenters. The first-order chi connectivity index (χ1) is 14.9. The number of ether oxygens (including phenoxy) is 1. The second kappa shape index (κ2) is 9.25. The molecule has 1 aliphatic rings. The third-order valence-electron chi connectivity index (χ3n) is 4.35. The van der Waals surface area contributed by atoms with Crippen LogP contribution in [0.25, 0.3) is 16.8 Å². The van der Waals surface area contributed by atoms with Crippen LogP contribution in [0.15, 0.2) is 68.4 Å². The second-order valence-corrected chi connectivity index (χ2v) is 9.31. The van der Waals surface area contributed by atoms with Crippen molar-refractivity contribution in [3.05, 3.63) is 74.0 Å². The lowest BCUT2D eigenvalue weighted by atomic mass is 10.1. The van der Waals surface area contributed by atoms with Gasteiger partial charge in [0.05, 0.1) is 4.91 Å². The van der Waals surface area contributed by atoms with Crippen LogP contribution in [-0.4, -0.2) is 23.7 Å². The van der Waals surface area contributed by atoms with Crippen molar-refractivity contribution in [1.82, 2.24) is 5.32 Å². The minimum Gasteiger partial charge on any atom is -0.484 e. The van der Waals surface area contributed by atoms with E-state index in [2.05, 4.69) is 42.5 Å². The van der Waals surface area contributed by atoms with Crippen molar-refractivity contribution in [2.45, 2.75) is 0 Å². The van der Waals surface area contributed by atoms with E-state index in [-0.39, 0.29) is 23.7 Å². The molecule has 3 amide bonds. The molecule has 1 aliphatic heterocycles. The number of halogens is 2. The lowest BCUT2D eigenvalue weighted by Gasteiger charge is -2.09. The molecule has 0 radical (unpaired) electrons. The summed E-state index contributed by atoms with van der Waals surface area (Å²) in [5.74, 6) is -0.0761. The highest BCUT2D eigenvalue weighted by Crippen LogP contribution is 2.28. The molecule has 156 valence electrons. The van der Waals surface area contributed by atoms with Gasteiger partial charge in [0.2, 0.25) is 0 Å². The van der Waals surface area contributed by atoms with Crippen molar-refractivity contribution in [2.75, 3.05) is 11.9 Å². The number of hydrogen-bond donors (Lipinski definition) is 2. The Kier molecular flexibility index (Phi) is 6.45. The number of carbonyl (C=O) groups is 3. The number of imide groups is 1. The SMILES string of the molecule is O=C(COc1ccc2cc(/C=C3/SC(=O)NC3=O)ccc2c1)Nc1ccc(Br)c(Br)c1. The Morgan fingerprint density at radius 1 is 1.00 bits per heavy atom. The third kappa shape index (κ3) is 5.36. The highest BCUT2D eigenvalue weighted by atomic mass is 79.9. The fraction of sp³-hybridized carbons (Fsp3) is 0.0455. The Morgan fingerprint density at radius 3 is 2.52 bits per heavy atom. The highest BCUT2D eigenvalue weighted by Gasteiger charge is 2.24. The van der Waals surface area contributed by atoms with Gasteiger partial charge in [-0.05, 0) is 102 Å². The number of carbonyl (C=O) groups excluding carboxylic acids is 3. The van der Waals surface area contributed by atoms with E-state index >= 15 is 0 Å². The van der Waals surface area contributed by atoms with Gasteiger partial charge in [0.1, 0.15) is 5.75 Å². The van der Waals surface area contributed by atoms with Crippen LogP contribution in [0.4, 0.5) is 10.5 Å². The smallest absolute Gasteiger partial charge is 0.290 e. The van der Waals surface area contributed by atoms with E-state index in [0.29, 0.717) is 16.3 Å².